The molecule has 2 fully saturated rings. The number of aliphatic carboxylic acids is 1. The number of halogens is 1. The van der Waals surface area contributed by atoms with Gasteiger partial charge in [-0.1, -0.05) is 105 Å². The Morgan fingerprint density at radius 2 is 1.02 bits per heavy atom. The van der Waals surface area contributed by atoms with Crippen LogP contribution in [0.4, 0.5) is 4.70 Å². The summed E-state index contributed by atoms with van der Waals surface area (Å²) >= 11 is 0. The second kappa shape index (κ2) is 25.1. The number of methoxy groups -OCH3 is 2. The van der Waals surface area contributed by atoms with Gasteiger partial charge in [0, 0.05) is 24.2 Å². The highest BCUT2D eigenvalue weighted by atomic mass is 19.0. The number of para-hydroxylation sites is 4. The van der Waals surface area contributed by atoms with Gasteiger partial charge in [0.15, 0.2) is 0 Å². The van der Waals surface area contributed by atoms with Crippen molar-refractivity contribution in [2.75, 3.05) is 40.5 Å². The molecule has 9 heteroatoms. The molecule has 6 rings (SSSR count). The smallest absolute Gasteiger partial charge is 0.307 e. The van der Waals surface area contributed by atoms with E-state index in [-0.39, 0.29) is 17.0 Å². The zero-order valence-corrected chi connectivity index (χ0v) is 31.9. The number of ether oxygens (including phenoxy) is 4. The highest BCUT2D eigenvalue weighted by molar-refractivity contribution is 5.79. The number of likely N-dealkylation sites (tertiary alicyclic amines) is 1. The number of carboxylic acids is 1. The molecule has 1 aliphatic heterocycles. The van der Waals surface area contributed by atoms with Gasteiger partial charge in [-0.05, 0) is 73.9 Å². The van der Waals surface area contributed by atoms with Crippen LogP contribution in [-0.2, 0) is 22.4 Å². The second-order valence-corrected chi connectivity index (χ2v) is 13.6. The summed E-state index contributed by atoms with van der Waals surface area (Å²) in [6.07, 6.45) is 11.9. The lowest BCUT2D eigenvalue weighted by Gasteiger charge is -2.32. The lowest BCUT2D eigenvalue weighted by Crippen LogP contribution is -2.39. The molecule has 0 spiro atoms. The van der Waals surface area contributed by atoms with Crippen LogP contribution in [0.2, 0.25) is 0 Å². The van der Waals surface area contributed by atoms with Crippen LogP contribution in [0.3, 0.4) is 0 Å². The van der Waals surface area contributed by atoms with Gasteiger partial charge in [-0.15, -0.1) is 0 Å². The maximum atomic E-state index is 12.6. The van der Waals surface area contributed by atoms with Gasteiger partial charge >= 0.3 is 5.97 Å². The summed E-state index contributed by atoms with van der Waals surface area (Å²) in [6, 6.07) is 34.9. The molecule has 54 heavy (non-hydrogen) atoms. The van der Waals surface area contributed by atoms with Crippen molar-refractivity contribution in [2.24, 2.45) is 11.8 Å². The third-order valence-corrected chi connectivity index (χ3v) is 9.84. The van der Waals surface area contributed by atoms with Crippen LogP contribution in [0.15, 0.2) is 109 Å². The molecule has 1 saturated carbocycles. The van der Waals surface area contributed by atoms with Gasteiger partial charge in [0.05, 0.1) is 40.3 Å². The minimum atomic E-state index is -0.848. The monoisotopic (exact) mass is 743 g/mol. The van der Waals surface area contributed by atoms with Gasteiger partial charge in [-0.2, -0.15) is 0 Å². The molecule has 8 nitrogen and oxygen atoms in total. The van der Waals surface area contributed by atoms with Crippen LogP contribution in [0, 0.1) is 11.8 Å². The lowest BCUT2D eigenvalue weighted by atomic mass is 9.87. The second-order valence-electron chi connectivity index (χ2n) is 13.6. The highest BCUT2D eigenvalue weighted by Gasteiger charge is 2.23. The van der Waals surface area contributed by atoms with E-state index in [1.54, 1.807) is 25.3 Å². The first-order chi connectivity index (χ1) is 25.9. The molecular formula is C45H58FNO7. The van der Waals surface area contributed by atoms with Gasteiger partial charge in [-0.3, -0.25) is 14.3 Å². The van der Waals surface area contributed by atoms with E-state index in [1.165, 1.54) is 45.6 Å². The summed E-state index contributed by atoms with van der Waals surface area (Å²) < 4.78 is 21.8. The molecule has 0 aromatic heterocycles. The maximum absolute atomic E-state index is 12.6. The number of benzene rings is 4. The Balaban J connectivity index is 0.000000237. The summed E-state index contributed by atoms with van der Waals surface area (Å²) in [6.45, 7) is 3.30. The van der Waals surface area contributed by atoms with Gasteiger partial charge < -0.3 is 29.0 Å². The fourth-order valence-electron chi connectivity index (χ4n) is 6.80. The van der Waals surface area contributed by atoms with Crippen molar-refractivity contribution in [2.45, 2.75) is 70.6 Å². The molecule has 2 aliphatic rings. The lowest BCUT2D eigenvalue weighted by molar-refractivity contribution is -0.136. The van der Waals surface area contributed by atoms with E-state index in [0.29, 0.717) is 23.7 Å². The number of hydrogen-bond acceptors (Lipinski definition) is 6. The Bertz CT molecular complexity index is 1610. The maximum Gasteiger partial charge on any atom is 0.307 e. The summed E-state index contributed by atoms with van der Waals surface area (Å²) in [5.74, 6) is 4.24. The van der Waals surface area contributed by atoms with Crippen LogP contribution in [0.1, 0.15) is 68.9 Å². The van der Waals surface area contributed by atoms with E-state index >= 15 is 0 Å². The van der Waals surface area contributed by atoms with Crippen molar-refractivity contribution in [1.29, 1.82) is 0 Å². The van der Waals surface area contributed by atoms with E-state index in [1.807, 2.05) is 95.9 Å². The van der Waals surface area contributed by atoms with Crippen LogP contribution >= 0.6 is 0 Å². The minimum absolute atomic E-state index is 0. The zero-order chi connectivity index (χ0) is 37.5. The molecule has 0 unspecified atom stereocenters. The largest absolute Gasteiger partial charge is 0.496 e. The first kappa shape index (κ1) is 43.4. The number of carbonyl (C=O) groups is 2. The molecule has 4 aromatic rings. The summed E-state index contributed by atoms with van der Waals surface area (Å²) in [5, 5.41) is 8.53. The van der Waals surface area contributed by atoms with E-state index in [9.17, 15) is 9.59 Å². The van der Waals surface area contributed by atoms with Gasteiger partial charge in [0.25, 0.3) is 0 Å². The van der Waals surface area contributed by atoms with Gasteiger partial charge in [0.1, 0.15) is 23.0 Å². The van der Waals surface area contributed by atoms with E-state index in [2.05, 4.69) is 0 Å². The molecule has 1 heterocycles. The third-order valence-electron chi connectivity index (χ3n) is 9.84. The van der Waals surface area contributed by atoms with Crippen molar-refractivity contribution in [3.05, 3.63) is 120 Å². The number of carbonyl (C=O) groups excluding carboxylic acids is 1. The quantitative estimate of drug-likeness (QED) is 0.138. The number of nitrogens with zero attached hydrogens (tertiary/aromatic N) is 1. The predicted molar refractivity (Wildman–Crippen MR) is 213 cm³/mol. The van der Waals surface area contributed by atoms with Crippen molar-refractivity contribution in [3.8, 4) is 23.0 Å². The Morgan fingerprint density at radius 3 is 1.48 bits per heavy atom. The van der Waals surface area contributed by atoms with Crippen molar-refractivity contribution < 1.29 is 38.3 Å². The molecular weight excluding hydrogens is 685 g/mol. The molecule has 1 amide bonds. The van der Waals surface area contributed by atoms with E-state index < -0.39 is 5.97 Å². The van der Waals surface area contributed by atoms with E-state index in [4.69, 9.17) is 24.1 Å². The normalized spacial score (nSPS) is 14.1. The predicted octanol–water partition coefficient (Wildman–Crippen LogP) is 9.46. The molecule has 0 radical (unpaired) electrons. The Kier molecular flexibility index (Phi) is 20.1. The van der Waals surface area contributed by atoms with Crippen LogP contribution in [0.5, 0.6) is 23.0 Å². The van der Waals surface area contributed by atoms with Crippen LogP contribution in [-0.4, -0.2) is 62.4 Å². The van der Waals surface area contributed by atoms with E-state index in [0.717, 1.165) is 74.3 Å². The fourth-order valence-corrected chi connectivity index (χ4v) is 6.80. The average Bonchev–Trinajstić information content (AvgIpc) is 3.20. The number of rotatable bonds is 14. The summed E-state index contributed by atoms with van der Waals surface area (Å²) in [7, 11) is 3.17. The average molecular weight is 744 g/mol. The van der Waals surface area contributed by atoms with Crippen LogP contribution in [0.25, 0.3) is 0 Å². The van der Waals surface area contributed by atoms with Gasteiger partial charge in [-0.25, -0.2) is 0 Å². The van der Waals surface area contributed by atoms with Crippen molar-refractivity contribution in [3.63, 3.8) is 0 Å². The molecule has 292 valence electrons. The topological polar surface area (TPSA) is 94.5 Å². The molecule has 1 aliphatic carbocycles. The van der Waals surface area contributed by atoms with Gasteiger partial charge in [0.2, 0.25) is 5.91 Å². The first-order valence-corrected chi connectivity index (χ1v) is 19.0. The molecule has 1 saturated heterocycles. The minimum Gasteiger partial charge on any atom is -0.496 e. The Labute approximate surface area is 320 Å². The zero-order valence-electron chi connectivity index (χ0n) is 31.9. The highest BCUT2D eigenvalue weighted by Crippen LogP contribution is 2.27. The molecule has 0 atom stereocenters. The first-order valence-electron chi connectivity index (χ1n) is 19.0. The molecule has 0 bridgehead atoms. The summed E-state index contributed by atoms with van der Waals surface area (Å²) in [5.41, 5.74) is 1.66. The SMILES string of the molecule is COc1ccccc1CC(=O)N1CCC(CCOc2ccccc2)CC1.COc1ccccc1CC(=O)O.F.c1ccc(OCCC2CCCCC2)cc1. The number of amides is 1. The third kappa shape index (κ3) is 15.9. The number of hydrogen-bond donors (Lipinski definition) is 1. The number of carboxylic acid groups (broad SMARTS) is 1. The fraction of sp³-hybridized carbons (Fsp3) is 0.422. The molecule has 1 N–H and O–H groups in total. The standard InChI is InChI=1S/C22H27NO3.C14H20O.C9H10O3.FH/c1-25-21-10-6-5-7-19(21)17-22(24)23-14-11-18(12-15-23)13-16-26-20-8-3-2-4-9-20;1-3-7-13(8-4-1)11-12-15-14-9-5-2-6-10-14;1-12-8-5-3-2-4-7(8)6-9(10)11;/h2-10,18H,11-17H2,1H3;2,5-6,9-10,13H,1,3-4,7-8,11-12H2;2-5H,6H2,1H3,(H,10,11);1H. The summed E-state index contributed by atoms with van der Waals surface area (Å²) in [4.78, 5) is 25.0. The van der Waals surface area contributed by atoms with Crippen molar-refractivity contribution in [1.82, 2.24) is 4.90 Å². The molecule has 4 aromatic carbocycles. The Hall–Kier alpha value is -5.05. The van der Waals surface area contributed by atoms with Crippen LogP contribution < -0.4 is 18.9 Å². The van der Waals surface area contributed by atoms with Crippen molar-refractivity contribution >= 4 is 11.9 Å². The number of piperidine rings is 1. The Morgan fingerprint density at radius 1 is 0.593 bits per heavy atom.